The molecule has 0 bridgehead atoms. The lowest BCUT2D eigenvalue weighted by atomic mass is 10.1. The molecule has 2 unspecified atom stereocenters. The average Bonchev–Trinajstić information content (AvgIpc) is 2.29. The van der Waals surface area contributed by atoms with Crippen LogP contribution in [0, 0.1) is 0 Å². The van der Waals surface area contributed by atoms with Crippen LogP contribution < -0.4 is 0 Å². The molecule has 2 atom stereocenters. The minimum atomic E-state index is -2.31. The van der Waals surface area contributed by atoms with E-state index in [1.807, 2.05) is 0 Å². The van der Waals surface area contributed by atoms with Crippen LogP contribution in [-0.2, 0) is 13.3 Å². The second kappa shape index (κ2) is 6.25. The van der Waals surface area contributed by atoms with Gasteiger partial charge in [-0.1, -0.05) is 6.92 Å². The second-order valence-corrected chi connectivity index (χ2v) is 7.67. The van der Waals surface area contributed by atoms with Gasteiger partial charge in [-0.3, -0.25) is 0 Å². The third-order valence-corrected chi connectivity index (χ3v) is 6.46. The molecular formula is C10H22O3SSi. The zero-order chi connectivity index (χ0) is 11.3. The highest BCUT2D eigenvalue weighted by atomic mass is 32.1. The largest absolute Gasteiger partial charge is 0.500 e. The first-order valence-electron chi connectivity index (χ1n) is 5.62. The Hall–Kier alpha value is 0.447. The lowest BCUT2D eigenvalue weighted by Crippen LogP contribution is -2.49. The topological polar surface area (TPSA) is 27.7 Å². The van der Waals surface area contributed by atoms with E-state index in [2.05, 4.69) is 19.6 Å². The van der Waals surface area contributed by atoms with E-state index in [0.717, 1.165) is 31.7 Å². The molecule has 0 saturated carbocycles. The summed E-state index contributed by atoms with van der Waals surface area (Å²) < 4.78 is 16.9. The van der Waals surface area contributed by atoms with E-state index in [0.29, 0.717) is 5.25 Å². The maximum atomic E-state index is 5.99. The Morgan fingerprint density at radius 3 is 2.67 bits per heavy atom. The molecule has 1 fully saturated rings. The maximum absolute atomic E-state index is 5.99. The monoisotopic (exact) mass is 250 g/mol. The molecule has 0 aromatic heterocycles. The Morgan fingerprint density at radius 1 is 1.47 bits per heavy atom. The van der Waals surface area contributed by atoms with E-state index >= 15 is 0 Å². The zero-order valence-electron chi connectivity index (χ0n) is 9.86. The van der Waals surface area contributed by atoms with Crippen LogP contribution in [0.4, 0.5) is 0 Å². The van der Waals surface area contributed by atoms with Gasteiger partial charge in [-0.05, 0) is 25.7 Å². The fraction of sp³-hybridized carbons (Fsp3) is 1.00. The number of hydrogen-bond donors (Lipinski definition) is 1. The number of hydrogen-bond acceptors (Lipinski definition) is 4. The van der Waals surface area contributed by atoms with Crippen LogP contribution in [0.2, 0.25) is 6.04 Å². The number of thiol groups is 1. The summed E-state index contributed by atoms with van der Waals surface area (Å²) in [6, 6.07) is 0.944. The highest BCUT2D eigenvalue weighted by Crippen LogP contribution is 2.30. The Bertz CT molecular complexity index is 188. The summed E-state index contributed by atoms with van der Waals surface area (Å²) in [5, 5.41) is 0.425. The van der Waals surface area contributed by atoms with Gasteiger partial charge in [0.05, 0.1) is 6.10 Å². The first kappa shape index (κ1) is 13.5. The van der Waals surface area contributed by atoms with E-state index in [-0.39, 0.29) is 6.10 Å². The molecule has 1 aliphatic rings. The molecule has 1 heterocycles. The van der Waals surface area contributed by atoms with Crippen molar-refractivity contribution in [3.05, 3.63) is 0 Å². The predicted molar refractivity (Wildman–Crippen MR) is 66.4 cm³/mol. The van der Waals surface area contributed by atoms with Crippen molar-refractivity contribution < 1.29 is 13.3 Å². The summed E-state index contributed by atoms with van der Waals surface area (Å²) in [5.74, 6) is 0. The molecule has 0 radical (unpaired) electrons. The van der Waals surface area contributed by atoms with Crippen molar-refractivity contribution in [3.63, 3.8) is 0 Å². The molecule has 5 heteroatoms. The molecule has 1 aliphatic heterocycles. The molecule has 0 amide bonds. The fourth-order valence-electron chi connectivity index (χ4n) is 1.94. The van der Waals surface area contributed by atoms with Gasteiger partial charge < -0.3 is 13.3 Å². The van der Waals surface area contributed by atoms with E-state index in [1.165, 1.54) is 0 Å². The third kappa shape index (κ3) is 3.74. The Morgan fingerprint density at radius 2 is 2.13 bits per heavy atom. The Labute approximate surface area is 99.3 Å². The molecule has 0 aromatic carbocycles. The highest BCUT2D eigenvalue weighted by molar-refractivity contribution is 7.80. The van der Waals surface area contributed by atoms with Crippen LogP contribution in [0.1, 0.15) is 32.6 Å². The lowest BCUT2D eigenvalue weighted by Gasteiger charge is -2.36. The standard InChI is InChI=1S/C10H22O3SSi/c1-4-10(14)8-9-6-5-7-15(11-2,12-3)13-9/h9-10,14H,4-8H2,1-3H3. The predicted octanol–water partition coefficient (Wildman–Crippen LogP) is 2.50. The van der Waals surface area contributed by atoms with Gasteiger partial charge in [0.2, 0.25) is 0 Å². The van der Waals surface area contributed by atoms with Crippen molar-refractivity contribution in [2.75, 3.05) is 14.2 Å². The van der Waals surface area contributed by atoms with Crippen LogP contribution >= 0.6 is 12.6 Å². The van der Waals surface area contributed by atoms with Gasteiger partial charge in [-0.25, -0.2) is 0 Å². The fourth-order valence-corrected chi connectivity index (χ4v) is 4.42. The molecule has 0 aromatic rings. The Kier molecular flexibility index (Phi) is 5.63. The first-order valence-corrected chi connectivity index (χ1v) is 8.06. The molecule has 1 rings (SSSR count). The van der Waals surface area contributed by atoms with Gasteiger partial charge in [0.15, 0.2) is 0 Å². The summed E-state index contributed by atoms with van der Waals surface area (Å²) in [4.78, 5) is 0. The van der Waals surface area contributed by atoms with Crippen LogP contribution in [0.3, 0.4) is 0 Å². The highest BCUT2D eigenvalue weighted by Gasteiger charge is 2.44. The van der Waals surface area contributed by atoms with E-state index in [4.69, 9.17) is 13.3 Å². The van der Waals surface area contributed by atoms with Gasteiger partial charge in [0, 0.05) is 25.5 Å². The smallest absolute Gasteiger partial charge is 0.377 e. The summed E-state index contributed by atoms with van der Waals surface area (Å²) in [7, 11) is 1.07. The van der Waals surface area contributed by atoms with Gasteiger partial charge >= 0.3 is 8.80 Å². The Balaban J connectivity index is 2.47. The summed E-state index contributed by atoms with van der Waals surface area (Å²) >= 11 is 4.51. The normalized spacial score (nSPS) is 27.6. The van der Waals surface area contributed by atoms with Crippen LogP contribution in [0.25, 0.3) is 0 Å². The maximum Gasteiger partial charge on any atom is 0.500 e. The summed E-state index contributed by atoms with van der Waals surface area (Å²) in [6.45, 7) is 2.15. The molecule has 0 aliphatic carbocycles. The third-order valence-electron chi connectivity index (χ3n) is 2.98. The molecular weight excluding hydrogens is 228 g/mol. The van der Waals surface area contributed by atoms with Crippen LogP contribution in [-0.4, -0.2) is 34.4 Å². The average molecular weight is 250 g/mol. The summed E-state index contributed by atoms with van der Waals surface area (Å²) in [5.41, 5.74) is 0. The molecule has 0 spiro atoms. The van der Waals surface area contributed by atoms with Crippen molar-refractivity contribution in [2.45, 2.75) is 50.0 Å². The second-order valence-electron chi connectivity index (χ2n) is 4.02. The van der Waals surface area contributed by atoms with Crippen LogP contribution in [0.15, 0.2) is 0 Å². The molecule has 0 N–H and O–H groups in total. The zero-order valence-corrected chi connectivity index (χ0v) is 11.8. The van der Waals surface area contributed by atoms with Gasteiger partial charge in [0.1, 0.15) is 0 Å². The van der Waals surface area contributed by atoms with E-state index < -0.39 is 8.80 Å². The minimum Gasteiger partial charge on any atom is -0.377 e. The first-order chi connectivity index (χ1) is 7.15. The van der Waals surface area contributed by atoms with Crippen LogP contribution in [0.5, 0.6) is 0 Å². The van der Waals surface area contributed by atoms with E-state index in [1.54, 1.807) is 14.2 Å². The van der Waals surface area contributed by atoms with Crippen molar-refractivity contribution >= 4 is 21.4 Å². The van der Waals surface area contributed by atoms with Crippen molar-refractivity contribution in [1.82, 2.24) is 0 Å². The quantitative estimate of drug-likeness (QED) is 0.600. The molecule has 1 saturated heterocycles. The van der Waals surface area contributed by atoms with Crippen molar-refractivity contribution in [1.29, 1.82) is 0 Å². The molecule has 90 valence electrons. The SMILES string of the molecule is CCC(S)CC1CCC[Si](OC)(OC)O1. The van der Waals surface area contributed by atoms with Crippen molar-refractivity contribution in [3.8, 4) is 0 Å². The van der Waals surface area contributed by atoms with E-state index in [9.17, 15) is 0 Å². The van der Waals surface area contributed by atoms with Gasteiger partial charge in [-0.2, -0.15) is 12.6 Å². The molecule has 15 heavy (non-hydrogen) atoms. The lowest BCUT2D eigenvalue weighted by molar-refractivity contribution is 0.0298. The van der Waals surface area contributed by atoms with Crippen molar-refractivity contribution in [2.24, 2.45) is 0 Å². The summed E-state index contributed by atoms with van der Waals surface area (Å²) in [6.07, 6.45) is 4.60. The molecule has 3 nitrogen and oxygen atoms in total. The number of rotatable bonds is 5. The minimum absolute atomic E-state index is 0.271. The van der Waals surface area contributed by atoms with Gasteiger partial charge in [0.25, 0.3) is 0 Å². The van der Waals surface area contributed by atoms with Gasteiger partial charge in [-0.15, -0.1) is 0 Å².